The Labute approximate surface area is 163 Å². The van der Waals surface area contributed by atoms with E-state index in [9.17, 15) is 0 Å². The zero-order chi connectivity index (χ0) is 19.0. The van der Waals surface area contributed by atoms with Crippen LogP contribution >= 0.6 is 7.26 Å². The molecule has 0 bridgehead atoms. The lowest BCUT2D eigenvalue weighted by atomic mass is 10.2. The molecule has 3 rings (SSSR count). The minimum atomic E-state index is -1.83. The first kappa shape index (κ1) is 19.1. The average molecular weight is 369 g/mol. The van der Waals surface area contributed by atoms with Crippen molar-refractivity contribution in [2.24, 2.45) is 0 Å². The fourth-order valence-corrected chi connectivity index (χ4v) is 7.94. The summed E-state index contributed by atoms with van der Waals surface area (Å²) >= 11 is 0. The molecule has 0 N–H and O–H groups in total. The molecule has 0 nitrogen and oxygen atoms in total. The molecule has 27 heavy (non-hydrogen) atoms. The van der Waals surface area contributed by atoms with Crippen molar-refractivity contribution in [3.63, 3.8) is 0 Å². The third kappa shape index (κ3) is 4.18. The van der Waals surface area contributed by atoms with Crippen molar-refractivity contribution >= 4 is 23.2 Å². The van der Waals surface area contributed by atoms with Crippen LogP contribution in [0.4, 0.5) is 0 Å². The van der Waals surface area contributed by atoms with E-state index < -0.39 is 7.26 Å². The molecule has 134 valence electrons. The van der Waals surface area contributed by atoms with Gasteiger partial charge in [0.2, 0.25) is 0 Å². The van der Waals surface area contributed by atoms with Crippen molar-refractivity contribution in [1.82, 2.24) is 0 Å². The summed E-state index contributed by atoms with van der Waals surface area (Å²) < 4.78 is 0. The molecule has 1 heteroatoms. The smallest absolute Gasteiger partial charge is 0.103 e. The van der Waals surface area contributed by atoms with Crippen LogP contribution in [-0.2, 0) is 0 Å². The van der Waals surface area contributed by atoms with Crippen LogP contribution < -0.4 is 15.9 Å². The van der Waals surface area contributed by atoms with E-state index >= 15 is 0 Å². The van der Waals surface area contributed by atoms with E-state index in [2.05, 4.69) is 110 Å². The molecule has 0 unspecified atom stereocenters. The molecule has 0 spiro atoms. The van der Waals surface area contributed by atoms with Gasteiger partial charge in [0.05, 0.1) is 6.16 Å². The first-order chi connectivity index (χ1) is 13.3. The lowest BCUT2D eigenvalue weighted by Gasteiger charge is -2.28. The Bertz CT molecular complexity index is 796. The van der Waals surface area contributed by atoms with E-state index in [0.29, 0.717) is 0 Å². The average Bonchev–Trinajstić information content (AvgIpc) is 2.74. The Hall–Kier alpha value is -2.69. The van der Waals surface area contributed by atoms with E-state index in [-0.39, 0.29) is 0 Å². The molecule has 0 aromatic heterocycles. The molecule has 0 amide bonds. The van der Waals surface area contributed by atoms with Gasteiger partial charge in [-0.3, -0.25) is 0 Å². The Morgan fingerprint density at radius 1 is 0.667 bits per heavy atom. The summed E-state index contributed by atoms with van der Waals surface area (Å²) in [7, 11) is -1.83. The van der Waals surface area contributed by atoms with Crippen molar-refractivity contribution < 1.29 is 0 Å². The van der Waals surface area contributed by atoms with Crippen LogP contribution in [0.1, 0.15) is 6.42 Å². The lowest BCUT2D eigenvalue weighted by molar-refractivity contribution is 1.22. The highest BCUT2D eigenvalue weighted by molar-refractivity contribution is 7.95. The number of hydrogen-bond acceptors (Lipinski definition) is 0. The van der Waals surface area contributed by atoms with E-state index in [1.165, 1.54) is 21.5 Å². The second-order valence-corrected chi connectivity index (χ2v) is 10.0. The Morgan fingerprint density at radius 3 is 1.41 bits per heavy atom. The molecule has 0 aliphatic rings. The first-order valence-electron chi connectivity index (χ1n) is 9.27. The quantitative estimate of drug-likeness (QED) is 0.273. The maximum atomic E-state index is 3.97. The Balaban J connectivity index is 2.30. The van der Waals surface area contributed by atoms with Gasteiger partial charge < -0.3 is 0 Å². The molecule has 0 atom stereocenters. The van der Waals surface area contributed by atoms with Crippen LogP contribution in [0, 0.1) is 0 Å². The van der Waals surface area contributed by atoms with E-state index in [0.717, 1.165) is 12.6 Å². The third-order valence-electron chi connectivity index (χ3n) is 4.79. The van der Waals surface area contributed by atoms with Gasteiger partial charge in [0.1, 0.15) is 23.2 Å². The van der Waals surface area contributed by atoms with Gasteiger partial charge in [-0.25, -0.2) is 0 Å². The van der Waals surface area contributed by atoms with Gasteiger partial charge in [-0.1, -0.05) is 79.4 Å². The van der Waals surface area contributed by atoms with Crippen molar-refractivity contribution in [3.05, 3.63) is 128 Å². The minimum absolute atomic E-state index is 0.875. The van der Waals surface area contributed by atoms with Crippen molar-refractivity contribution in [3.8, 4) is 0 Å². The number of benzene rings is 3. The number of hydrogen-bond donors (Lipinski definition) is 0. The highest BCUT2D eigenvalue weighted by atomic mass is 31.2. The fraction of sp³-hybridized carbons (Fsp3) is 0.0769. The highest BCUT2D eigenvalue weighted by Crippen LogP contribution is 2.56. The van der Waals surface area contributed by atoms with Gasteiger partial charge in [0, 0.05) is 0 Å². The zero-order valence-corrected chi connectivity index (χ0v) is 16.6. The molecule has 0 heterocycles. The summed E-state index contributed by atoms with van der Waals surface area (Å²) in [4.78, 5) is 0. The molecule has 0 aliphatic carbocycles. The molecule has 0 aliphatic heterocycles. The van der Waals surface area contributed by atoms with Crippen molar-refractivity contribution in [2.45, 2.75) is 6.42 Å². The molecule has 3 aromatic carbocycles. The van der Waals surface area contributed by atoms with Crippen LogP contribution in [0.3, 0.4) is 0 Å². The first-order valence-corrected chi connectivity index (χ1v) is 11.2. The summed E-state index contributed by atoms with van der Waals surface area (Å²) in [5.74, 6) is 0. The molecule has 0 radical (unpaired) electrons. The number of allylic oxidation sites excluding steroid dienone is 4. The SMILES string of the molecule is C=C/C=C(\CC=C)C[P+](c1ccccc1)(c1ccccc1)c1ccccc1. The topological polar surface area (TPSA) is 0 Å². The minimum Gasteiger partial charge on any atom is -0.103 e. The van der Waals surface area contributed by atoms with Gasteiger partial charge in [-0.05, 0) is 48.4 Å². The van der Waals surface area contributed by atoms with Gasteiger partial charge >= 0.3 is 0 Å². The molecular formula is C26H26P+. The van der Waals surface area contributed by atoms with Gasteiger partial charge in [-0.15, -0.1) is 6.58 Å². The number of rotatable bonds is 8. The van der Waals surface area contributed by atoms with Crippen LogP contribution in [0.25, 0.3) is 0 Å². The molecular weight excluding hydrogens is 343 g/mol. The van der Waals surface area contributed by atoms with Gasteiger partial charge in [0.15, 0.2) is 0 Å². The highest BCUT2D eigenvalue weighted by Gasteiger charge is 2.45. The second-order valence-electron chi connectivity index (χ2n) is 6.53. The second kappa shape index (κ2) is 9.31. The summed E-state index contributed by atoms with van der Waals surface area (Å²) in [5.41, 5.74) is 1.37. The van der Waals surface area contributed by atoms with Crippen LogP contribution in [0.5, 0.6) is 0 Å². The maximum Gasteiger partial charge on any atom is 0.116 e. The summed E-state index contributed by atoms with van der Waals surface area (Å²) in [5, 5.41) is 4.21. The van der Waals surface area contributed by atoms with Crippen LogP contribution in [0.15, 0.2) is 128 Å². The van der Waals surface area contributed by atoms with Crippen molar-refractivity contribution in [2.75, 3.05) is 6.16 Å². The normalized spacial score (nSPS) is 11.8. The monoisotopic (exact) mass is 369 g/mol. The van der Waals surface area contributed by atoms with E-state index in [1.807, 2.05) is 12.2 Å². The summed E-state index contributed by atoms with van der Waals surface area (Å²) in [6.45, 7) is 7.90. The standard InChI is InChI=1S/C26H26P/c1-3-14-23(15-4-2)22-27(24-16-8-5-9-17-24,25-18-10-6-11-19-25)26-20-12-7-13-21-26/h3-14,16-21H,1-2,15,22H2/q+1/b23-14+. The molecule has 0 saturated carbocycles. The fourth-order valence-electron chi connectivity index (χ4n) is 3.61. The maximum absolute atomic E-state index is 3.97. The Morgan fingerprint density at radius 2 is 1.07 bits per heavy atom. The van der Waals surface area contributed by atoms with Gasteiger partial charge in [0.25, 0.3) is 0 Å². The van der Waals surface area contributed by atoms with E-state index in [1.54, 1.807) is 0 Å². The summed E-state index contributed by atoms with van der Waals surface area (Å²) in [6, 6.07) is 32.9. The Kier molecular flexibility index (Phi) is 6.58. The predicted octanol–water partition coefficient (Wildman–Crippen LogP) is 5.67. The van der Waals surface area contributed by atoms with Crippen molar-refractivity contribution in [1.29, 1.82) is 0 Å². The van der Waals surface area contributed by atoms with Gasteiger partial charge in [-0.2, -0.15) is 0 Å². The largest absolute Gasteiger partial charge is 0.116 e. The lowest BCUT2D eigenvalue weighted by Crippen LogP contribution is -2.33. The predicted molar refractivity (Wildman–Crippen MR) is 123 cm³/mol. The molecule has 0 saturated heterocycles. The summed E-state index contributed by atoms with van der Waals surface area (Å²) in [6.07, 6.45) is 7.91. The third-order valence-corrected chi connectivity index (χ3v) is 9.21. The van der Waals surface area contributed by atoms with Crippen LogP contribution in [-0.4, -0.2) is 6.16 Å². The van der Waals surface area contributed by atoms with E-state index in [4.69, 9.17) is 0 Å². The zero-order valence-electron chi connectivity index (χ0n) is 15.7. The molecule has 0 fully saturated rings. The van der Waals surface area contributed by atoms with Crippen LogP contribution in [0.2, 0.25) is 0 Å². The molecule has 3 aromatic rings.